The number of nitrogens with zero attached hydrogens (tertiary/aromatic N) is 2. The monoisotopic (exact) mass is 241 g/mol. The minimum atomic E-state index is -0.311. The molecule has 0 bridgehead atoms. The molecule has 0 aliphatic carbocycles. The SMILES string of the molecule is CCCCC(N)C(=O)N1CCN(C)C(C)(C)C1. The van der Waals surface area contributed by atoms with Gasteiger partial charge in [0.25, 0.3) is 0 Å². The second kappa shape index (κ2) is 5.83. The molecule has 0 radical (unpaired) electrons. The van der Waals surface area contributed by atoms with E-state index in [-0.39, 0.29) is 17.5 Å². The summed E-state index contributed by atoms with van der Waals surface area (Å²) in [4.78, 5) is 16.4. The molecule has 0 aromatic heterocycles. The molecule has 1 heterocycles. The largest absolute Gasteiger partial charge is 0.338 e. The number of unbranched alkanes of at least 4 members (excludes halogenated alkanes) is 1. The molecule has 0 aromatic rings. The lowest BCUT2D eigenvalue weighted by molar-refractivity contribution is -0.137. The van der Waals surface area contributed by atoms with Gasteiger partial charge in [-0.2, -0.15) is 0 Å². The number of hydrogen-bond acceptors (Lipinski definition) is 3. The molecule has 1 aliphatic heterocycles. The molecule has 0 aromatic carbocycles. The summed E-state index contributed by atoms with van der Waals surface area (Å²) in [5.41, 5.74) is 6.01. The van der Waals surface area contributed by atoms with Gasteiger partial charge in [0.1, 0.15) is 0 Å². The maximum atomic E-state index is 12.2. The van der Waals surface area contributed by atoms with Gasteiger partial charge >= 0.3 is 0 Å². The maximum Gasteiger partial charge on any atom is 0.239 e. The highest BCUT2D eigenvalue weighted by Gasteiger charge is 2.34. The smallest absolute Gasteiger partial charge is 0.239 e. The number of nitrogens with two attached hydrogens (primary N) is 1. The standard InChI is InChI=1S/C13H27N3O/c1-5-6-7-11(14)12(17)16-9-8-15(4)13(2,3)10-16/h11H,5-10,14H2,1-4H3. The molecule has 100 valence electrons. The molecule has 4 heteroatoms. The van der Waals surface area contributed by atoms with Crippen LogP contribution < -0.4 is 5.73 Å². The van der Waals surface area contributed by atoms with Crippen molar-refractivity contribution in [1.29, 1.82) is 0 Å². The zero-order chi connectivity index (χ0) is 13.1. The Hall–Kier alpha value is -0.610. The fourth-order valence-electron chi connectivity index (χ4n) is 2.21. The van der Waals surface area contributed by atoms with Crippen LogP contribution in [-0.4, -0.2) is 54.0 Å². The van der Waals surface area contributed by atoms with E-state index in [1.165, 1.54) is 0 Å². The predicted octanol–water partition coefficient (Wildman–Crippen LogP) is 1.06. The van der Waals surface area contributed by atoms with Crippen LogP contribution in [0.3, 0.4) is 0 Å². The number of rotatable bonds is 4. The molecule has 1 atom stereocenters. The summed E-state index contributed by atoms with van der Waals surface area (Å²) >= 11 is 0. The summed E-state index contributed by atoms with van der Waals surface area (Å²) in [5, 5.41) is 0. The van der Waals surface area contributed by atoms with Crippen LogP contribution >= 0.6 is 0 Å². The van der Waals surface area contributed by atoms with Crippen LogP contribution in [0, 0.1) is 0 Å². The van der Waals surface area contributed by atoms with Gasteiger partial charge in [0, 0.05) is 25.2 Å². The first-order valence-corrected chi connectivity index (χ1v) is 6.64. The molecule has 17 heavy (non-hydrogen) atoms. The Bertz CT molecular complexity index is 265. The fourth-order valence-corrected chi connectivity index (χ4v) is 2.21. The molecule has 1 fully saturated rings. The van der Waals surface area contributed by atoms with Crippen molar-refractivity contribution in [2.24, 2.45) is 5.73 Å². The minimum Gasteiger partial charge on any atom is -0.338 e. The normalized spacial score (nSPS) is 22.5. The van der Waals surface area contributed by atoms with E-state index in [9.17, 15) is 4.79 Å². The van der Waals surface area contributed by atoms with Gasteiger partial charge in [-0.3, -0.25) is 9.69 Å². The van der Waals surface area contributed by atoms with E-state index in [0.717, 1.165) is 38.9 Å². The van der Waals surface area contributed by atoms with Crippen molar-refractivity contribution < 1.29 is 4.79 Å². The maximum absolute atomic E-state index is 12.2. The highest BCUT2D eigenvalue weighted by molar-refractivity contribution is 5.81. The minimum absolute atomic E-state index is 0.0540. The van der Waals surface area contributed by atoms with Gasteiger partial charge in [0.2, 0.25) is 5.91 Å². The Morgan fingerprint density at radius 2 is 2.06 bits per heavy atom. The summed E-state index contributed by atoms with van der Waals surface area (Å²) in [7, 11) is 2.11. The Kier molecular flexibility index (Phi) is 4.95. The number of likely N-dealkylation sites (N-methyl/N-ethyl adjacent to an activating group) is 1. The van der Waals surface area contributed by atoms with Crippen LogP contribution in [0.15, 0.2) is 0 Å². The van der Waals surface area contributed by atoms with Crippen molar-refractivity contribution in [2.45, 2.75) is 51.6 Å². The van der Waals surface area contributed by atoms with E-state index in [2.05, 4.69) is 32.7 Å². The van der Waals surface area contributed by atoms with Crippen LogP contribution in [-0.2, 0) is 4.79 Å². The van der Waals surface area contributed by atoms with Gasteiger partial charge in [-0.25, -0.2) is 0 Å². The molecule has 1 unspecified atom stereocenters. The lowest BCUT2D eigenvalue weighted by Gasteiger charge is -2.45. The van der Waals surface area contributed by atoms with Crippen molar-refractivity contribution in [2.75, 3.05) is 26.7 Å². The average molecular weight is 241 g/mol. The first-order chi connectivity index (χ1) is 7.88. The van der Waals surface area contributed by atoms with E-state index in [1.54, 1.807) is 0 Å². The van der Waals surface area contributed by atoms with Crippen LogP contribution in [0.4, 0.5) is 0 Å². The van der Waals surface area contributed by atoms with Gasteiger partial charge in [0.15, 0.2) is 0 Å². The lowest BCUT2D eigenvalue weighted by Crippen LogP contribution is -2.61. The molecule has 1 amide bonds. The summed E-state index contributed by atoms with van der Waals surface area (Å²) in [6, 6.07) is -0.311. The van der Waals surface area contributed by atoms with E-state index >= 15 is 0 Å². The van der Waals surface area contributed by atoms with Crippen LogP contribution in [0.1, 0.15) is 40.0 Å². The van der Waals surface area contributed by atoms with Gasteiger partial charge in [0.05, 0.1) is 6.04 Å². The van der Waals surface area contributed by atoms with E-state index in [0.29, 0.717) is 0 Å². The van der Waals surface area contributed by atoms with Crippen molar-refractivity contribution in [3.05, 3.63) is 0 Å². The number of piperazine rings is 1. The molecule has 0 spiro atoms. The zero-order valence-electron chi connectivity index (χ0n) is 11.7. The van der Waals surface area contributed by atoms with Crippen molar-refractivity contribution in [3.8, 4) is 0 Å². The molecule has 2 N–H and O–H groups in total. The molecule has 1 aliphatic rings. The molecule has 1 saturated heterocycles. The van der Waals surface area contributed by atoms with E-state index < -0.39 is 0 Å². The third-order valence-electron chi connectivity index (χ3n) is 3.81. The van der Waals surface area contributed by atoms with Crippen molar-refractivity contribution in [1.82, 2.24) is 9.80 Å². The molecular weight excluding hydrogens is 214 g/mol. The topological polar surface area (TPSA) is 49.6 Å². The zero-order valence-corrected chi connectivity index (χ0v) is 11.7. The summed E-state index contributed by atoms with van der Waals surface area (Å²) in [6.45, 7) is 8.98. The van der Waals surface area contributed by atoms with E-state index in [1.807, 2.05) is 4.90 Å². The number of hydrogen-bond donors (Lipinski definition) is 1. The summed E-state index contributed by atoms with van der Waals surface area (Å²) < 4.78 is 0. The predicted molar refractivity (Wildman–Crippen MR) is 70.8 cm³/mol. The Morgan fingerprint density at radius 3 is 2.59 bits per heavy atom. The quantitative estimate of drug-likeness (QED) is 0.800. The van der Waals surface area contributed by atoms with E-state index in [4.69, 9.17) is 5.73 Å². The van der Waals surface area contributed by atoms with Gasteiger partial charge in [-0.15, -0.1) is 0 Å². The number of carbonyl (C=O) groups excluding carboxylic acids is 1. The average Bonchev–Trinajstić information content (AvgIpc) is 2.28. The summed E-state index contributed by atoms with van der Waals surface area (Å²) in [5.74, 6) is 0.125. The van der Waals surface area contributed by atoms with Gasteiger partial charge in [-0.05, 0) is 27.3 Å². The van der Waals surface area contributed by atoms with Crippen LogP contribution in [0.25, 0.3) is 0 Å². The fraction of sp³-hybridized carbons (Fsp3) is 0.923. The Balaban J connectivity index is 2.53. The second-order valence-electron chi connectivity index (χ2n) is 5.74. The third kappa shape index (κ3) is 3.68. The van der Waals surface area contributed by atoms with Gasteiger partial charge < -0.3 is 10.6 Å². The molecular formula is C13H27N3O. The van der Waals surface area contributed by atoms with Crippen molar-refractivity contribution >= 4 is 5.91 Å². The van der Waals surface area contributed by atoms with Gasteiger partial charge in [-0.1, -0.05) is 19.8 Å². The number of amides is 1. The second-order valence-corrected chi connectivity index (χ2v) is 5.74. The van der Waals surface area contributed by atoms with Crippen LogP contribution in [0.2, 0.25) is 0 Å². The lowest BCUT2D eigenvalue weighted by atomic mass is 9.98. The first kappa shape index (κ1) is 14.5. The molecule has 1 rings (SSSR count). The first-order valence-electron chi connectivity index (χ1n) is 6.64. The summed E-state index contributed by atoms with van der Waals surface area (Å²) in [6.07, 6.45) is 2.93. The Morgan fingerprint density at radius 1 is 1.41 bits per heavy atom. The van der Waals surface area contributed by atoms with Crippen LogP contribution in [0.5, 0.6) is 0 Å². The molecule has 0 saturated carbocycles. The van der Waals surface area contributed by atoms with Crippen molar-refractivity contribution in [3.63, 3.8) is 0 Å². The highest BCUT2D eigenvalue weighted by atomic mass is 16.2. The number of carbonyl (C=O) groups is 1. The molecule has 4 nitrogen and oxygen atoms in total. The Labute approximate surface area is 105 Å². The highest BCUT2D eigenvalue weighted by Crippen LogP contribution is 2.19. The third-order valence-corrected chi connectivity index (χ3v) is 3.81.